The number of imidazole rings is 1. The molecule has 29 nitrogen and oxygen atoms in total. The molecule has 2 fully saturated rings. The first kappa shape index (κ1) is 88.9. The van der Waals surface area contributed by atoms with Crippen LogP contribution in [0.25, 0.3) is 80.7 Å². The highest BCUT2D eigenvalue weighted by Crippen LogP contribution is 2.41. The van der Waals surface area contributed by atoms with Crippen LogP contribution >= 0.6 is 34.3 Å². The molecule has 0 amide bonds. The molecule has 0 unspecified atom stereocenters. The van der Waals surface area contributed by atoms with Crippen molar-refractivity contribution in [3.05, 3.63) is 295 Å². The van der Waals surface area contributed by atoms with E-state index in [4.69, 9.17) is 44.8 Å². The molecule has 20 aromatic rings. The number of thiazole rings is 2. The van der Waals surface area contributed by atoms with E-state index in [0.717, 1.165) is 173 Å². The average molecular weight is 1890 g/mol. The van der Waals surface area contributed by atoms with E-state index in [9.17, 15) is 13.9 Å². The van der Waals surface area contributed by atoms with Gasteiger partial charge >= 0.3 is 0 Å². The highest BCUT2D eigenvalue weighted by molar-refractivity contribution is 7.17. The Morgan fingerprint density at radius 2 is 0.964 bits per heavy atom. The summed E-state index contributed by atoms with van der Waals surface area (Å²) in [5.41, 5.74) is 18.7. The summed E-state index contributed by atoms with van der Waals surface area (Å²) in [6, 6.07) is 67.1. The van der Waals surface area contributed by atoms with Crippen molar-refractivity contribution in [2.75, 3.05) is 60.7 Å². The average Bonchev–Trinajstić information content (AvgIpc) is 1.06. The van der Waals surface area contributed by atoms with Gasteiger partial charge in [-0.25, -0.2) is 78.1 Å². The van der Waals surface area contributed by atoms with Gasteiger partial charge in [-0.05, 0) is 258 Å². The molecule has 0 bridgehead atoms. The van der Waals surface area contributed by atoms with Gasteiger partial charge in [-0.3, -0.25) is 4.90 Å². The summed E-state index contributed by atoms with van der Waals surface area (Å²) in [4.78, 5) is 58.8. The Kier molecular flexibility index (Phi) is 25.3. The number of nitrogens with one attached hydrogen (secondary N) is 4. The van der Waals surface area contributed by atoms with E-state index < -0.39 is 5.92 Å². The van der Waals surface area contributed by atoms with Gasteiger partial charge in [0.2, 0.25) is 0 Å². The number of aromatic hydroxyl groups is 1. The molecule has 137 heavy (non-hydrogen) atoms. The van der Waals surface area contributed by atoms with Gasteiger partial charge in [-0.2, -0.15) is 5.10 Å². The maximum Gasteiger partial charge on any atom is 0.261 e. The number of hydrogen-bond acceptors (Lipinski definition) is 29. The highest BCUT2D eigenvalue weighted by atomic mass is 35.5. The molecule has 11 heterocycles. The van der Waals surface area contributed by atoms with E-state index in [0.29, 0.717) is 89.3 Å². The second-order valence-corrected chi connectivity index (χ2v) is 36.1. The number of phenolic OH excluding ortho intramolecular Hbond substituents is 1. The number of aryl methyl sites for hydroxylation is 4. The Morgan fingerprint density at radius 3 is 1.49 bits per heavy atom. The van der Waals surface area contributed by atoms with Crippen LogP contribution in [-0.4, -0.2) is 141 Å². The number of alkyl halides is 2. The number of fused-ring (bicyclic) bond motifs is 8. The highest BCUT2D eigenvalue weighted by Gasteiger charge is 2.38. The SMILES string of the molecule is Cc1cc(Nc2ncnc3ccc(CC4=NC(C)(C)CO4)cc23)ccc1Oc1ccc2scnc2c1.Cc1cc(Nc2ncnc3ccc(OCC4CC4)cc23)ccc1Oc1ccc2scnc2c1.Cc1cc(Nc2ncnc3ccc(OCCN4CCC(F)(F)C4)cc23)ccc1Oc1ccn2ncnc2c1.Cn1cnc2cc(Oc3ccc(Nc4ncnc5ccc(O)cc45)cc3Cl)ccc21. The van der Waals surface area contributed by atoms with Crippen LogP contribution in [0, 0.1) is 26.7 Å². The van der Waals surface area contributed by atoms with Gasteiger partial charge in [0.1, 0.15) is 131 Å². The van der Waals surface area contributed by atoms with Crippen LogP contribution in [0.15, 0.2) is 272 Å². The van der Waals surface area contributed by atoms with Crippen LogP contribution in [0.3, 0.4) is 0 Å². The van der Waals surface area contributed by atoms with Gasteiger partial charge < -0.3 is 64.1 Å². The van der Waals surface area contributed by atoms with Gasteiger partial charge in [0, 0.05) is 108 Å². The lowest BCUT2D eigenvalue weighted by Gasteiger charge is -2.16. The number of ether oxygens (including phenoxy) is 7. The number of halogens is 3. The first-order chi connectivity index (χ1) is 66.6. The van der Waals surface area contributed by atoms with E-state index in [1.165, 1.54) is 31.8 Å². The van der Waals surface area contributed by atoms with Crippen molar-refractivity contribution in [1.29, 1.82) is 0 Å². The van der Waals surface area contributed by atoms with Gasteiger partial charge in [-0.15, -0.1) is 22.7 Å². The zero-order valence-corrected chi connectivity index (χ0v) is 77.3. The van der Waals surface area contributed by atoms with E-state index >= 15 is 0 Å². The van der Waals surface area contributed by atoms with Crippen molar-refractivity contribution in [2.24, 2.45) is 18.0 Å². The van der Waals surface area contributed by atoms with Crippen LogP contribution in [0.4, 0.5) is 54.8 Å². The standard InChI is InChI=1S/C28H25N5O2S.C27H25F2N7O2.C26H22N4O2S.C22H16ClN5O2/c1-17-10-19(5-8-24(17)35-20-6-9-25-23(13-20)31-16-36-25)32-27-21-11-18(4-7-22(21)29-15-30-27)12-26-33-28(2,3)14-34-26;1-18-12-19(2-5-24(18)38-21-6-8-36-25(14-21)31-17-33-36)34-26-22-13-20(3-4-23(22)30-16-32-26)37-11-10-35-9-7-27(28,29)15-35;1-16-10-18(4-8-24(16)32-20-6-9-25-23(12-20)29-15-33-25)30-26-21-11-19(31-13-17-2-3-17)5-7-22(21)27-14-28-26;1-28-12-26-19-10-15(4-6-20(19)28)30-21-7-2-13(8-17(21)23)27-22-16-9-14(29)3-5-18(16)24-11-25-22/h4-11,13,15-16H,12,14H2,1-3H3,(H,29,30,32);2-6,8,12-14,16-17H,7,9-11,15H2,1H3,(H,30,32,34);4-12,14-15,17H,2-3,13H2,1H3,(H,27,28,30);2-12,29H,1H3,(H,24,25,27). The zero-order chi connectivity index (χ0) is 93.7. The number of rotatable bonds is 25. The summed E-state index contributed by atoms with van der Waals surface area (Å²) in [5, 5.41) is 31.2. The molecule has 0 atom stereocenters. The molecule has 686 valence electrons. The van der Waals surface area contributed by atoms with Crippen LogP contribution in [0.5, 0.6) is 63.2 Å². The normalized spacial score (nSPS) is 13.7. The minimum atomic E-state index is -2.60. The predicted molar refractivity (Wildman–Crippen MR) is 532 cm³/mol. The van der Waals surface area contributed by atoms with Gasteiger partial charge in [0.15, 0.2) is 11.5 Å². The number of aliphatic imine (C=N–C) groups is 1. The van der Waals surface area contributed by atoms with E-state index in [1.54, 1.807) is 87.6 Å². The monoisotopic (exact) mass is 1880 g/mol. The molecule has 1 saturated carbocycles. The number of pyridine rings is 1. The third kappa shape index (κ3) is 21.5. The minimum absolute atomic E-state index is 0.0965. The smallest absolute Gasteiger partial charge is 0.261 e. The quantitative estimate of drug-likeness (QED) is 0.0355. The van der Waals surface area contributed by atoms with Crippen LogP contribution in [0.2, 0.25) is 5.02 Å². The number of phenols is 1. The molecule has 0 spiro atoms. The Hall–Kier alpha value is -16.0. The van der Waals surface area contributed by atoms with Crippen molar-refractivity contribution >= 4 is 167 Å². The molecule has 0 radical (unpaired) electrons. The molecule has 5 N–H and O–H groups in total. The molecule has 2 aliphatic heterocycles. The fraction of sp³-hybridized carbons (Fsp3) is 0.184. The van der Waals surface area contributed by atoms with E-state index in [2.05, 4.69) is 129 Å². The third-order valence-corrected chi connectivity index (χ3v) is 24.9. The number of likely N-dealkylation sites (tertiary alicyclic amines) is 1. The van der Waals surface area contributed by atoms with E-state index in [-0.39, 0.29) is 24.3 Å². The molecule has 1 aliphatic carbocycles. The minimum Gasteiger partial charge on any atom is -0.508 e. The Bertz CT molecular complexity index is 7940. The molecule has 9 aromatic heterocycles. The predicted octanol–water partition coefficient (Wildman–Crippen LogP) is 24.4. The largest absolute Gasteiger partial charge is 0.508 e. The lowest BCUT2D eigenvalue weighted by Crippen LogP contribution is -2.29. The third-order valence-electron chi connectivity index (χ3n) is 23.0. The van der Waals surface area contributed by atoms with Crippen molar-refractivity contribution in [2.45, 2.75) is 71.8 Å². The summed E-state index contributed by atoms with van der Waals surface area (Å²) in [7, 11) is 1.95. The van der Waals surface area contributed by atoms with Crippen molar-refractivity contribution < 1.29 is 47.0 Å². The van der Waals surface area contributed by atoms with E-state index in [1.807, 2.05) is 201 Å². The molecule has 1 saturated heterocycles. The first-order valence-electron chi connectivity index (χ1n) is 44.1. The molecule has 34 heteroatoms. The Labute approximate surface area is 796 Å². The second kappa shape index (κ2) is 38.9. The summed E-state index contributed by atoms with van der Waals surface area (Å²) in [6.45, 7) is 12.5. The van der Waals surface area contributed by atoms with Gasteiger partial charge in [0.05, 0.1) is 94.6 Å². The molecule has 11 aromatic carbocycles. The van der Waals surface area contributed by atoms with Crippen molar-refractivity contribution in [3.8, 4) is 63.2 Å². The van der Waals surface area contributed by atoms with Crippen LogP contribution in [-0.2, 0) is 18.2 Å². The number of nitrogens with zero attached hydrogens (tertiary/aromatic N) is 17. The summed E-state index contributed by atoms with van der Waals surface area (Å²) < 4.78 is 74.6. The maximum atomic E-state index is 13.4. The van der Waals surface area contributed by atoms with Gasteiger partial charge in [0.25, 0.3) is 5.92 Å². The lowest BCUT2D eigenvalue weighted by molar-refractivity contribution is 0.0112. The van der Waals surface area contributed by atoms with Crippen LogP contribution < -0.4 is 49.7 Å². The number of anilines is 8. The lowest BCUT2D eigenvalue weighted by atomic mass is 10.1. The molecular formula is C103H88ClF2N21O8S2. The molecular weight excluding hydrogens is 1800 g/mol. The number of benzene rings is 11. The zero-order valence-electron chi connectivity index (χ0n) is 74.9. The molecule has 3 aliphatic rings. The summed E-state index contributed by atoms with van der Waals surface area (Å²) in [5.74, 6) is 8.92. The Balaban J connectivity index is 0.000000113. The fourth-order valence-corrected chi connectivity index (χ4v) is 17.2. The topological polar surface area (TPSA) is 325 Å². The maximum absolute atomic E-state index is 13.4. The first-order valence-corrected chi connectivity index (χ1v) is 46.3. The Morgan fingerprint density at radius 1 is 0.474 bits per heavy atom. The fourth-order valence-electron chi connectivity index (χ4n) is 15.7. The summed E-state index contributed by atoms with van der Waals surface area (Å²) >= 11 is 9.70. The number of aromatic nitrogens is 15. The number of hydrogen-bond donors (Lipinski definition) is 5. The van der Waals surface area contributed by atoms with Crippen LogP contribution in [0.1, 0.15) is 55.4 Å². The van der Waals surface area contributed by atoms with Crippen molar-refractivity contribution in [3.63, 3.8) is 0 Å². The second-order valence-electron chi connectivity index (χ2n) is 34.0. The van der Waals surface area contributed by atoms with Gasteiger partial charge in [-0.1, -0.05) is 17.7 Å². The van der Waals surface area contributed by atoms with Crippen molar-refractivity contribution in [1.82, 2.24) is 78.9 Å². The summed E-state index contributed by atoms with van der Waals surface area (Å²) in [6.07, 6.45) is 14.3. The molecule has 23 rings (SSSR count).